The van der Waals surface area contributed by atoms with Gasteiger partial charge in [-0.25, -0.2) is 0 Å². The Kier molecular flexibility index (Phi) is 18.8. The second-order valence-corrected chi connectivity index (χ2v) is 6.64. The molecule has 0 bridgehead atoms. The number of hydrogen-bond donors (Lipinski definition) is 1. The molecular formula is C21H40O4. The Bertz CT molecular complexity index is 315. The van der Waals surface area contributed by atoms with E-state index in [9.17, 15) is 9.90 Å². The molecule has 0 saturated heterocycles. The van der Waals surface area contributed by atoms with Crippen LogP contribution in [0.3, 0.4) is 0 Å². The minimum atomic E-state index is -0.524. The summed E-state index contributed by atoms with van der Waals surface area (Å²) in [7, 11) is 0. The van der Waals surface area contributed by atoms with Crippen molar-refractivity contribution in [3.63, 3.8) is 0 Å². The molecule has 0 aromatic rings. The van der Waals surface area contributed by atoms with Crippen LogP contribution in [-0.4, -0.2) is 37.0 Å². The number of esters is 1. The Morgan fingerprint density at radius 2 is 1.56 bits per heavy atom. The van der Waals surface area contributed by atoms with Crippen LogP contribution in [0.15, 0.2) is 12.2 Å². The number of carbonyl (C=O) groups excluding carboxylic acids is 1. The third-order valence-electron chi connectivity index (χ3n) is 4.06. The van der Waals surface area contributed by atoms with Gasteiger partial charge in [0.2, 0.25) is 0 Å². The Hall–Kier alpha value is -0.870. The summed E-state index contributed by atoms with van der Waals surface area (Å²) < 4.78 is 10.6. The fourth-order valence-electron chi connectivity index (χ4n) is 2.52. The van der Waals surface area contributed by atoms with Gasteiger partial charge in [0.1, 0.15) is 6.10 Å². The molecule has 0 aliphatic carbocycles. The molecule has 1 unspecified atom stereocenters. The first kappa shape index (κ1) is 24.1. The maximum Gasteiger partial charge on any atom is 0.306 e. The summed E-state index contributed by atoms with van der Waals surface area (Å²) >= 11 is 0. The quantitative estimate of drug-likeness (QED) is 0.209. The normalized spacial score (nSPS) is 12.6. The number of ether oxygens (including phenoxy) is 2. The number of aliphatic hydroxyl groups is 1. The van der Waals surface area contributed by atoms with E-state index in [1.807, 2.05) is 6.92 Å². The molecule has 0 aromatic carbocycles. The van der Waals surface area contributed by atoms with Crippen molar-refractivity contribution in [2.75, 3.05) is 19.8 Å². The van der Waals surface area contributed by atoms with Crippen LogP contribution in [0, 0.1) is 0 Å². The lowest BCUT2D eigenvalue weighted by atomic mass is 10.1. The third kappa shape index (κ3) is 17.7. The summed E-state index contributed by atoms with van der Waals surface area (Å²) in [5.74, 6) is -0.259. The van der Waals surface area contributed by atoms with Crippen molar-refractivity contribution in [2.24, 2.45) is 0 Å². The van der Waals surface area contributed by atoms with Gasteiger partial charge >= 0.3 is 5.97 Å². The maximum atomic E-state index is 11.4. The number of carbonyl (C=O) groups is 1. The summed E-state index contributed by atoms with van der Waals surface area (Å²) in [6.45, 7) is 4.93. The van der Waals surface area contributed by atoms with E-state index < -0.39 is 6.10 Å². The zero-order valence-corrected chi connectivity index (χ0v) is 16.5. The van der Waals surface area contributed by atoms with Gasteiger partial charge in [0.25, 0.3) is 0 Å². The number of rotatable bonds is 18. The zero-order valence-electron chi connectivity index (χ0n) is 16.5. The van der Waals surface area contributed by atoms with E-state index in [2.05, 4.69) is 19.1 Å². The van der Waals surface area contributed by atoms with Gasteiger partial charge in [0.15, 0.2) is 0 Å². The third-order valence-corrected chi connectivity index (χ3v) is 4.06. The lowest BCUT2D eigenvalue weighted by molar-refractivity contribution is -0.154. The van der Waals surface area contributed by atoms with Crippen LogP contribution >= 0.6 is 0 Å². The van der Waals surface area contributed by atoms with Gasteiger partial charge < -0.3 is 14.6 Å². The van der Waals surface area contributed by atoms with Gasteiger partial charge in [-0.3, -0.25) is 4.79 Å². The SMILES string of the molecule is CCCC/C=C\CCCCCCCCOCC(CO)OC(=O)CCC. The Morgan fingerprint density at radius 3 is 2.20 bits per heavy atom. The molecule has 4 nitrogen and oxygen atoms in total. The Labute approximate surface area is 155 Å². The topological polar surface area (TPSA) is 55.8 Å². The average Bonchev–Trinajstić information content (AvgIpc) is 2.61. The molecule has 0 spiro atoms. The molecular weight excluding hydrogens is 316 g/mol. The van der Waals surface area contributed by atoms with Crippen molar-refractivity contribution in [2.45, 2.75) is 97.0 Å². The van der Waals surface area contributed by atoms with Gasteiger partial charge in [0, 0.05) is 13.0 Å². The number of hydrogen-bond acceptors (Lipinski definition) is 4. The number of aliphatic hydroxyl groups excluding tert-OH is 1. The summed E-state index contributed by atoms with van der Waals surface area (Å²) in [4.78, 5) is 11.4. The minimum Gasteiger partial charge on any atom is -0.457 e. The number of unbranched alkanes of at least 4 members (excludes halogenated alkanes) is 8. The van der Waals surface area contributed by atoms with Crippen molar-refractivity contribution in [1.29, 1.82) is 0 Å². The molecule has 0 aliphatic rings. The molecule has 0 radical (unpaired) electrons. The summed E-state index contributed by atoms with van der Waals surface area (Å²) in [5, 5.41) is 9.18. The second kappa shape index (κ2) is 19.5. The Balaban J connectivity index is 3.34. The van der Waals surface area contributed by atoms with Crippen LogP contribution < -0.4 is 0 Å². The molecule has 0 saturated carbocycles. The molecule has 0 aliphatic heterocycles. The standard InChI is InChI=1S/C21H40O4/c1-3-5-6-7-8-9-10-11-12-13-14-15-17-24-19-20(18-22)25-21(23)16-4-2/h7-8,20,22H,3-6,9-19H2,1-2H3/b8-7-. The average molecular weight is 357 g/mol. The van der Waals surface area contributed by atoms with E-state index in [0.717, 1.165) is 12.8 Å². The maximum absolute atomic E-state index is 11.4. The Morgan fingerprint density at radius 1 is 0.920 bits per heavy atom. The van der Waals surface area contributed by atoms with E-state index in [4.69, 9.17) is 9.47 Å². The predicted molar refractivity (Wildman–Crippen MR) is 104 cm³/mol. The fraction of sp³-hybridized carbons (Fsp3) is 0.857. The molecule has 148 valence electrons. The first-order valence-electron chi connectivity index (χ1n) is 10.3. The van der Waals surface area contributed by atoms with Crippen LogP contribution in [0.1, 0.15) is 90.9 Å². The molecule has 0 aromatic heterocycles. The van der Waals surface area contributed by atoms with Crippen LogP contribution in [0.5, 0.6) is 0 Å². The smallest absolute Gasteiger partial charge is 0.306 e. The summed E-state index contributed by atoms with van der Waals surface area (Å²) in [6.07, 6.45) is 17.6. The van der Waals surface area contributed by atoms with Crippen molar-refractivity contribution in [3.8, 4) is 0 Å². The highest BCUT2D eigenvalue weighted by atomic mass is 16.6. The van der Waals surface area contributed by atoms with E-state index in [0.29, 0.717) is 13.0 Å². The molecule has 25 heavy (non-hydrogen) atoms. The van der Waals surface area contributed by atoms with Crippen molar-refractivity contribution >= 4 is 5.97 Å². The molecule has 1 atom stereocenters. The molecule has 0 rings (SSSR count). The van der Waals surface area contributed by atoms with Crippen LogP contribution in [0.2, 0.25) is 0 Å². The summed E-state index contributed by atoms with van der Waals surface area (Å²) in [6, 6.07) is 0. The van der Waals surface area contributed by atoms with Gasteiger partial charge in [-0.2, -0.15) is 0 Å². The van der Waals surface area contributed by atoms with Crippen LogP contribution in [0.25, 0.3) is 0 Å². The predicted octanol–water partition coefficient (Wildman–Crippen LogP) is 5.18. The monoisotopic (exact) mass is 356 g/mol. The first-order chi connectivity index (χ1) is 12.2. The van der Waals surface area contributed by atoms with Gasteiger partial charge in [0.05, 0.1) is 13.2 Å². The molecule has 4 heteroatoms. The van der Waals surface area contributed by atoms with Gasteiger partial charge in [-0.05, 0) is 32.1 Å². The van der Waals surface area contributed by atoms with Gasteiger partial charge in [-0.15, -0.1) is 0 Å². The van der Waals surface area contributed by atoms with E-state index in [1.54, 1.807) is 0 Å². The van der Waals surface area contributed by atoms with E-state index >= 15 is 0 Å². The lowest BCUT2D eigenvalue weighted by Crippen LogP contribution is -2.27. The minimum absolute atomic E-state index is 0.178. The highest BCUT2D eigenvalue weighted by molar-refractivity contribution is 5.69. The van der Waals surface area contributed by atoms with Crippen LogP contribution in [0.4, 0.5) is 0 Å². The fourth-order valence-corrected chi connectivity index (χ4v) is 2.52. The molecule has 0 fully saturated rings. The zero-order chi connectivity index (χ0) is 18.6. The molecule has 0 amide bonds. The number of allylic oxidation sites excluding steroid dienone is 2. The van der Waals surface area contributed by atoms with Gasteiger partial charge in [-0.1, -0.05) is 64.5 Å². The molecule has 0 heterocycles. The van der Waals surface area contributed by atoms with E-state index in [-0.39, 0.29) is 19.2 Å². The van der Waals surface area contributed by atoms with Crippen LogP contribution in [-0.2, 0) is 14.3 Å². The first-order valence-corrected chi connectivity index (χ1v) is 10.3. The van der Waals surface area contributed by atoms with Crippen molar-refractivity contribution in [3.05, 3.63) is 12.2 Å². The van der Waals surface area contributed by atoms with Crippen molar-refractivity contribution in [1.82, 2.24) is 0 Å². The van der Waals surface area contributed by atoms with Crippen molar-refractivity contribution < 1.29 is 19.4 Å². The summed E-state index contributed by atoms with van der Waals surface area (Å²) in [5.41, 5.74) is 0. The largest absolute Gasteiger partial charge is 0.457 e. The highest BCUT2D eigenvalue weighted by Gasteiger charge is 2.12. The van der Waals surface area contributed by atoms with E-state index in [1.165, 1.54) is 57.8 Å². The second-order valence-electron chi connectivity index (χ2n) is 6.64. The molecule has 1 N–H and O–H groups in total. The highest BCUT2D eigenvalue weighted by Crippen LogP contribution is 2.08. The lowest BCUT2D eigenvalue weighted by Gasteiger charge is -2.15.